The van der Waals surface area contributed by atoms with Crippen LogP contribution in [0.2, 0.25) is 0 Å². The molecule has 0 aromatic heterocycles. The Balaban J connectivity index is 2.55. The molecule has 0 spiro atoms. The highest BCUT2D eigenvalue weighted by Crippen LogP contribution is 2.14. The van der Waals surface area contributed by atoms with Gasteiger partial charge in [-0.1, -0.05) is 18.0 Å². The maximum atomic E-state index is 13.3. The van der Waals surface area contributed by atoms with E-state index in [0.29, 0.717) is 23.3 Å². The van der Waals surface area contributed by atoms with Gasteiger partial charge in [-0.25, -0.2) is 4.39 Å². The van der Waals surface area contributed by atoms with E-state index in [9.17, 15) is 9.18 Å². The summed E-state index contributed by atoms with van der Waals surface area (Å²) in [6, 6.07) is 6.13. The highest BCUT2D eigenvalue weighted by Gasteiger charge is 2.03. The average Bonchev–Trinajstić information content (AvgIpc) is 2.26. The van der Waals surface area contributed by atoms with Crippen molar-refractivity contribution >= 4 is 18.4 Å². The summed E-state index contributed by atoms with van der Waals surface area (Å²) in [6.07, 6.45) is 0.488. The number of amides is 1. The van der Waals surface area contributed by atoms with Gasteiger partial charge in [0.25, 0.3) is 0 Å². The molecule has 78 valence electrons. The van der Waals surface area contributed by atoms with Gasteiger partial charge in [0.15, 0.2) is 0 Å². The number of benzene rings is 1. The Hall–Kier alpha value is -1.58. The zero-order chi connectivity index (χ0) is 11.1. The van der Waals surface area contributed by atoms with E-state index in [1.807, 2.05) is 6.07 Å². The number of nitrogens with zero attached hydrogens (tertiary/aromatic N) is 1. The summed E-state index contributed by atoms with van der Waals surface area (Å²) in [6.45, 7) is 0. The zero-order valence-electron chi connectivity index (χ0n) is 7.66. The Bertz CT molecular complexity index is 391. The Kier molecular flexibility index (Phi) is 4.60. The van der Waals surface area contributed by atoms with E-state index in [4.69, 9.17) is 5.26 Å². The van der Waals surface area contributed by atoms with E-state index in [0.717, 1.165) is 11.9 Å². The molecule has 0 atom stereocenters. The summed E-state index contributed by atoms with van der Waals surface area (Å²) in [7, 11) is 0. The van der Waals surface area contributed by atoms with E-state index >= 15 is 0 Å². The van der Waals surface area contributed by atoms with Gasteiger partial charge in [-0.15, -0.1) is 0 Å². The van der Waals surface area contributed by atoms with Crippen LogP contribution in [0.4, 0.5) is 4.39 Å². The first-order valence-corrected chi connectivity index (χ1v) is 5.01. The standard InChI is InChI=1S/C9H8FN3OS/c10-9-3-7(4-11)1-2-8(9)5-15-13-12-6-14/h1-3,6,13H,5H2,(H,12,14). The molecule has 0 saturated heterocycles. The number of rotatable bonds is 5. The molecule has 2 N–H and O–H groups in total. The number of hydrazine groups is 1. The number of halogens is 1. The van der Waals surface area contributed by atoms with Crippen LogP contribution in [0.3, 0.4) is 0 Å². The van der Waals surface area contributed by atoms with Gasteiger partial charge in [-0.3, -0.25) is 10.2 Å². The van der Waals surface area contributed by atoms with Crippen molar-refractivity contribution in [3.8, 4) is 6.07 Å². The monoisotopic (exact) mass is 225 g/mol. The lowest BCUT2D eigenvalue weighted by Crippen LogP contribution is -2.23. The van der Waals surface area contributed by atoms with Crippen molar-refractivity contribution in [2.45, 2.75) is 5.75 Å². The first-order valence-electron chi connectivity index (χ1n) is 4.02. The SMILES string of the molecule is N#Cc1ccc(CSNNC=O)c(F)c1. The van der Waals surface area contributed by atoms with E-state index in [1.54, 1.807) is 12.1 Å². The molecule has 4 nitrogen and oxygen atoms in total. The summed E-state index contributed by atoms with van der Waals surface area (Å²) in [5.41, 5.74) is 2.98. The lowest BCUT2D eigenvalue weighted by atomic mass is 10.1. The highest BCUT2D eigenvalue weighted by atomic mass is 32.2. The fraction of sp³-hybridized carbons (Fsp3) is 0.111. The second kappa shape index (κ2) is 6.01. The number of nitrogens with one attached hydrogen (secondary N) is 2. The van der Waals surface area contributed by atoms with E-state index in [-0.39, 0.29) is 0 Å². The lowest BCUT2D eigenvalue weighted by Gasteiger charge is -2.03. The minimum Gasteiger partial charge on any atom is -0.284 e. The van der Waals surface area contributed by atoms with Crippen molar-refractivity contribution in [2.24, 2.45) is 0 Å². The highest BCUT2D eigenvalue weighted by molar-refractivity contribution is 7.96. The summed E-state index contributed by atoms with van der Waals surface area (Å²) >= 11 is 1.14. The van der Waals surface area contributed by atoms with Crippen molar-refractivity contribution in [2.75, 3.05) is 0 Å². The molecule has 0 aliphatic rings. The molecule has 0 aliphatic heterocycles. The maximum absolute atomic E-state index is 13.3. The zero-order valence-corrected chi connectivity index (χ0v) is 8.47. The molecule has 1 amide bonds. The summed E-state index contributed by atoms with van der Waals surface area (Å²) in [5.74, 6) is -0.0623. The molecular weight excluding hydrogens is 217 g/mol. The second-order valence-corrected chi connectivity index (χ2v) is 3.35. The number of hydrogen-bond acceptors (Lipinski definition) is 4. The van der Waals surface area contributed by atoms with Crippen LogP contribution in [-0.2, 0) is 10.5 Å². The minimum atomic E-state index is -0.422. The lowest BCUT2D eigenvalue weighted by molar-refractivity contribution is -0.109. The summed E-state index contributed by atoms with van der Waals surface area (Å²) in [5, 5.41) is 8.52. The average molecular weight is 225 g/mol. The molecule has 0 aliphatic carbocycles. The molecule has 0 heterocycles. The predicted molar refractivity (Wildman–Crippen MR) is 54.7 cm³/mol. The van der Waals surface area contributed by atoms with Crippen LogP contribution in [0.5, 0.6) is 0 Å². The van der Waals surface area contributed by atoms with E-state index in [2.05, 4.69) is 10.3 Å². The van der Waals surface area contributed by atoms with Crippen LogP contribution in [-0.4, -0.2) is 6.41 Å². The molecule has 0 saturated carbocycles. The van der Waals surface area contributed by atoms with Crippen molar-refractivity contribution < 1.29 is 9.18 Å². The quantitative estimate of drug-likeness (QED) is 0.341. The first kappa shape index (κ1) is 11.5. The molecular formula is C9H8FN3OS. The molecule has 0 fully saturated rings. The summed E-state index contributed by atoms with van der Waals surface area (Å²) in [4.78, 5) is 12.4. The minimum absolute atomic E-state index is 0.292. The number of hydrogen-bond donors (Lipinski definition) is 2. The van der Waals surface area contributed by atoms with Crippen LogP contribution < -0.4 is 10.3 Å². The molecule has 1 rings (SSSR count). The Morgan fingerprint density at radius 2 is 2.40 bits per heavy atom. The Morgan fingerprint density at radius 1 is 1.60 bits per heavy atom. The summed E-state index contributed by atoms with van der Waals surface area (Å²) < 4.78 is 13.3. The predicted octanol–water partition coefficient (Wildman–Crippen LogP) is 1.10. The topological polar surface area (TPSA) is 64.9 Å². The third-order valence-corrected chi connectivity index (χ3v) is 2.32. The Labute approximate surface area is 90.6 Å². The van der Waals surface area contributed by atoms with Gasteiger partial charge in [0.2, 0.25) is 6.41 Å². The van der Waals surface area contributed by atoms with Crippen molar-refractivity contribution in [3.05, 3.63) is 35.1 Å². The number of nitriles is 1. The van der Waals surface area contributed by atoms with Gasteiger partial charge in [-0.05, 0) is 17.7 Å². The van der Waals surface area contributed by atoms with Gasteiger partial charge >= 0.3 is 0 Å². The maximum Gasteiger partial charge on any atom is 0.221 e. The molecule has 15 heavy (non-hydrogen) atoms. The van der Waals surface area contributed by atoms with Crippen LogP contribution in [0.1, 0.15) is 11.1 Å². The van der Waals surface area contributed by atoms with Crippen LogP contribution in [0.25, 0.3) is 0 Å². The van der Waals surface area contributed by atoms with Crippen molar-refractivity contribution in [1.29, 1.82) is 5.26 Å². The molecule has 1 aromatic rings. The molecule has 0 bridgehead atoms. The normalized spacial score (nSPS) is 9.33. The third-order valence-electron chi connectivity index (χ3n) is 1.60. The van der Waals surface area contributed by atoms with Crippen LogP contribution in [0, 0.1) is 17.1 Å². The largest absolute Gasteiger partial charge is 0.284 e. The van der Waals surface area contributed by atoms with E-state index in [1.165, 1.54) is 6.07 Å². The fourth-order valence-electron chi connectivity index (χ4n) is 0.913. The van der Waals surface area contributed by atoms with Crippen LogP contribution >= 0.6 is 11.9 Å². The Morgan fingerprint density at radius 3 is 3.00 bits per heavy atom. The van der Waals surface area contributed by atoms with Gasteiger partial charge < -0.3 is 0 Å². The van der Waals surface area contributed by atoms with E-state index < -0.39 is 5.82 Å². The van der Waals surface area contributed by atoms with Gasteiger partial charge in [0.05, 0.1) is 11.6 Å². The third kappa shape index (κ3) is 3.58. The van der Waals surface area contributed by atoms with Crippen molar-refractivity contribution in [1.82, 2.24) is 10.3 Å². The van der Waals surface area contributed by atoms with Gasteiger partial charge in [-0.2, -0.15) is 10.1 Å². The van der Waals surface area contributed by atoms with Gasteiger partial charge in [0.1, 0.15) is 5.82 Å². The number of carbonyl (C=O) groups is 1. The van der Waals surface area contributed by atoms with Crippen molar-refractivity contribution in [3.63, 3.8) is 0 Å². The molecule has 6 heteroatoms. The second-order valence-electron chi connectivity index (χ2n) is 2.57. The first-order chi connectivity index (χ1) is 7.27. The fourth-order valence-corrected chi connectivity index (χ4v) is 1.51. The molecule has 0 radical (unpaired) electrons. The van der Waals surface area contributed by atoms with Crippen LogP contribution in [0.15, 0.2) is 18.2 Å². The van der Waals surface area contributed by atoms with Gasteiger partial charge in [0, 0.05) is 5.75 Å². The smallest absolute Gasteiger partial charge is 0.221 e. The number of carbonyl (C=O) groups excluding carboxylic acids is 1. The molecule has 0 unspecified atom stereocenters. The molecule has 1 aromatic carbocycles.